The van der Waals surface area contributed by atoms with Gasteiger partial charge in [0.2, 0.25) is 0 Å². The first-order valence-electron chi connectivity index (χ1n) is 4.51. The maximum atomic E-state index is 11.4. The molecule has 0 N–H and O–H groups in total. The van der Waals surface area contributed by atoms with Crippen molar-refractivity contribution in [3.63, 3.8) is 0 Å². The van der Waals surface area contributed by atoms with Gasteiger partial charge in [-0.3, -0.25) is 4.21 Å². The van der Waals surface area contributed by atoms with Crippen LogP contribution >= 0.6 is 0 Å². The Bertz CT molecular complexity index is 203. The van der Waals surface area contributed by atoms with E-state index in [1.54, 1.807) is 6.92 Å². The maximum Gasteiger partial charge on any atom is 0.119 e. The van der Waals surface area contributed by atoms with E-state index in [2.05, 4.69) is 0 Å². The van der Waals surface area contributed by atoms with Crippen molar-refractivity contribution in [2.24, 2.45) is 5.92 Å². The SMILES string of the molecule is CC(C#N)S(=O)CC1CCCC1. The lowest BCUT2D eigenvalue weighted by Gasteiger charge is -2.08. The third-order valence-corrected chi connectivity index (χ3v) is 4.14. The zero-order valence-electron chi connectivity index (χ0n) is 7.45. The standard InChI is InChI=1S/C9H15NOS/c1-8(6-10)12(11)7-9-4-2-3-5-9/h8-9H,2-5,7H2,1H3. The van der Waals surface area contributed by atoms with Gasteiger partial charge in [0.1, 0.15) is 5.25 Å². The largest absolute Gasteiger partial charge is 0.258 e. The fraction of sp³-hybridized carbons (Fsp3) is 0.889. The Kier molecular flexibility index (Phi) is 3.74. The zero-order chi connectivity index (χ0) is 8.97. The molecule has 2 atom stereocenters. The van der Waals surface area contributed by atoms with E-state index in [-0.39, 0.29) is 5.25 Å². The summed E-state index contributed by atoms with van der Waals surface area (Å²) in [5, 5.41) is 8.25. The van der Waals surface area contributed by atoms with Gasteiger partial charge in [0.05, 0.1) is 6.07 Å². The molecule has 1 rings (SSSR count). The number of hydrogen-bond donors (Lipinski definition) is 0. The Morgan fingerprint density at radius 3 is 2.67 bits per heavy atom. The minimum atomic E-state index is -0.916. The average Bonchev–Trinajstić information content (AvgIpc) is 2.55. The second-order valence-electron chi connectivity index (χ2n) is 3.47. The summed E-state index contributed by atoms with van der Waals surface area (Å²) in [5.74, 6) is 1.37. The van der Waals surface area contributed by atoms with Crippen LogP contribution in [-0.2, 0) is 10.8 Å². The number of nitriles is 1. The van der Waals surface area contributed by atoms with Gasteiger partial charge < -0.3 is 0 Å². The van der Waals surface area contributed by atoms with Crippen molar-refractivity contribution in [1.29, 1.82) is 5.26 Å². The van der Waals surface area contributed by atoms with E-state index >= 15 is 0 Å². The van der Waals surface area contributed by atoms with Gasteiger partial charge >= 0.3 is 0 Å². The Hall–Kier alpha value is -0.360. The molecule has 68 valence electrons. The molecule has 0 saturated heterocycles. The van der Waals surface area contributed by atoms with Crippen molar-refractivity contribution in [3.8, 4) is 6.07 Å². The van der Waals surface area contributed by atoms with E-state index in [0.717, 1.165) is 5.75 Å². The van der Waals surface area contributed by atoms with Gasteiger partial charge in [-0.05, 0) is 25.7 Å². The molecule has 1 aliphatic carbocycles. The van der Waals surface area contributed by atoms with Crippen molar-refractivity contribution < 1.29 is 4.21 Å². The van der Waals surface area contributed by atoms with Crippen LogP contribution in [0.2, 0.25) is 0 Å². The Labute approximate surface area is 76.4 Å². The molecule has 0 amide bonds. The third-order valence-electron chi connectivity index (χ3n) is 2.45. The highest BCUT2D eigenvalue weighted by molar-refractivity contribution is 7.85. The lowest BCUT2D eigenvalue weighted by atomic mass is 10.1. The van der Waals surface area contributed by atoms with E-state index in [0.29, 0.717) is 5.92 Å². The van der Waals surface area contributed by atoms with E-state index in [4.69, 9.17) is 5.26 Å². The van der Waals surface area contributed by atoms with Gasteiger partial charge in [-0.2, -0.15) is 5.26 Å². The second-order valence-corrected chi connectivity index (χ2v) is 5.27. The highest BCUT2D eigenvalue weighted by Gasteiger charge is 2.20. The molecule has 0 aromatic heterocycles. The third kappa shape index (κ3) is 2.60. The topological polar surface area (TPSA) is 40.9 Å². The Balaban J connectivity index is 2.31. The average molecular weight is 185 g/mol. The molecule has 0 radical (unpaired) electrons. The second kappa shape index (κ2) is 4.61. The summed E-state index contributed by atoms with van der Waals surface area (Å²) < 4.78 is 11.4. The van der Waals surface area contributed by atoms with E-state index in [1.807, 2.05) is 6.07 Å². The Morgan fingerprint density at radius 2 is 2.17 bits per heavy atom. The highest BCUT2D eigenvalue weighted by atomic mass is 32.2. The van der Waals surface area contributed by atoms with E-state index < -0.39 is 10.8 Å². The highest BCUT2D eigenvalue weighted by Crippen LogP contribution is 2.25. The maximum absolute atomic E-state index is 11.4. The summed E-state index contributed by atoms with van der Waals surface area (Å²) in [6.07, 6.45) is 4.99. The minimum absolute atomic E-state index is 0.286. The predicted octanol–water partition coefficient (Wildman–Crippen LogP) is 1.84. The summed E-state index contributed by atoms with van der Waals surface area (Å²) >= 11 is 0. The summed E-state index contributed by atoms with van der Waals surface area (Å²) in [6.45, 7) is 1.74. The smallest absolute Gasteiger partial charge is 0.119 e. The van der Waals surface area contributed by atoms with Crippen LogP contribution in [0.15, 0.2) is 0 Å². The molecule has 3 heteroatoms. The normalized spacial score (nSPS) is 23.3. The number of nitrogens with zero attached hydrogens (tertiary/aromatic N) is 1. The van der Waals surface area contributed by atoms with Crippen LogP contribution in [0.1, 0.15) is 32.6 Å². The molecule has 0 heterocycles. The van der Waals surface area contributed by atoms with Crippen LogP contribution in [0.5, 0.6) is 0 Å². The van der Waals surface area contributed by atoms with Crippen LogP contribution in [0.4, 0.5) is 0 Å². The van der Waals surface area contributed by atoms with Crippen LogP contribution < -0.4 is 0 Å². The molecular formula is C9H15NOS. The van der Waals surface area contributed by atoms with Gasteiger partial charge in [0.25, 0.3) is 0 Å². The summed E-state index contributed by atoms with van der Waals surface area (Å²) in [7, 11) is -0.916. The van der Waals surface area contributed by atoms with Crippen molar-refractivity contribution in [2.45, 2.75) is 37.9 Å². The summed E-state index contributed by atoms with van der Waals surface area (Å²) in [5.41, 5.74) is 0. The van der Waals surface area contributed by atoms with Gasteiger partial charge in [-0.1, -0.05) is 12.8 Å². The molecule has 0 bridgehead atoms. The van der Waals surface area contributed by atoms with Gasteiger partial charge in [0, 0.05) is 16.6 Å². The molecule has 0 aromatic rings. The number of rotatable bonds is 3. The molecule has 0 spiro atoms. The van der Waals surface area contributed by atoms with Gasteiger partial charge in [0.15, 0.2) is 0 Å². The quantitative estimate of drug-likeness (QED) is 0.673. The first kappa shape index (κ1) is 9.73. The molecule has 1 aliphatic rings. The van der Waals surface area contributed by atoms with E-state index in [9.17, 15) is 4.21 Å². The van der Waals surface area contributed by atoms with Gasteiger partial charge in [-0.25, -0.2) is 0 Å². The number of hydrogen-bond acceptors (Lipinski definition) is 2. The molecule has 0 aliphatic heterocycles. The minimum Gasteiger partial charge on any atom is -0.258 e. The lowest BCUT2D eigenvalue weighted by Crippen LogP contribution is -2.16. The predicted molar refractivity (Wildman–Crippen MR) is 50.0 cm³/mol. The zero-order valence-corrected chi connectivity index (χ0v) is 8.27. The molecule has 12 heavy (non-hydrogen) atoms. The fourth-order valence-corrected chi connectivity index (χ4v) is 2.82. The Morgan fingerprint density at radius 1 is 1.58 bits per heavy atom. The molecule has 2 unspecified atom stereocenters. The van der Waals surface area contributed by atoms with Crippen LogP contribution in [0.3, 0.4) is 0 Å². The van der Waals surface area contributed by atoms with Crippen LogP contribution in [-0.4, -0.2) is 15.2 Å². The fourth-order valence-electron chi connectivity index (χ4n) is 1.61. The lowest BCUT2D eigenvalue weighted by molar-refractivity contribution is 0.603. The van der Waals surface area contributed by atoms with Crippen molar-refractivity contribution in [3.05, 3.63) is 0 Å². The van der Waals surface area contributed by atoms with Crippen molar-refractivity contribution in [2.75, 3.05) is 5.75 Å². The molecule has 1 saturated carbocycles. The van der Waals surface area contributed by atoms with Gasteiger partial charge in [-0.15, -0.1) is 0 Å². The van der Waals surface area contributed by atoms with Crippen molar-refractivity contribution >= 4 is 10.8 Å². The molecular weight excluding hydrogens is 170 g/mol. The van der Waals surface area contributed by atoms with Crippen molar-refractivity contribution in [1.82, 2.24) is 0 Å². The summed E-state index contributed by atoms with van der Waals surface area (Å²) in [6, 6.07) is 2.04. The summed E-state index contributed by atoms with van der Waals surface area (Å²) in [4.78, 5) is 0. The molecule has 0 aromatic carbocycles. The molecule has 1 fully saturated rings. The first-order chi connectivity index (χ1) is 5.74. The van der Waals surface area contributed by atoms with Crippen LogP contribution in [0, 0.1) is 17.2 Å². The van der Waals surface area contributed by atoms with E-state index in [1.165, 1.54) is 25.7 Å². The first-order valence-corrected chi connectivity index (χ1v) is 5.89. The monoisotopic (exact) mass is 185 g/mol. The molecule has 2 nitrogen and oxygen atoms in total. The van der Waals surface area contributed by atoms with Crippen LogP contribution in [0.25, 0.3) is 0 Å².